The number of fused-ring (bicyclic) bond motifs is 4. The number of nitrogens with zero attached hydrogens (tertiary/aromatic N) is 2. The molecule has 0 aliphatic rings. The molecule has 1 heterocycles. The highest BCUT2D eigenvalue weighted by Gasteiger charge is 2.14. The lowest BCUT2D eigenvalue weighted by atomic mass is 9.89. The van der Waals surface area contributed by atoms with Crippen LogP contribution in [0.1, 0.15) is 11.1 Å². The second kappa shape index (κ2) is 7.38. The van der Waals surface area contributed by atoms with Crippen LogP contribution in [0.2, 0.25) is 0 Å². The van der Waals surface area contributed by atoms with Crippen molar-refractivity contribution in [2.45, 2.75) is 0 Å². The first-order valence-electron chi connectivity index (χ1n) is 10.6. The van der Waals surface area contributed by atoms with Crippen molar-refractivity contribution in [2.75, 3.05) is 0 Å². The molecule has 0 atom stereocenters. The molecular weight excluding hydrogens is 404 g/mol. The number of hydrogen-bond donors (Lipinski definition) is 0. The van der Waals surface area contributed by atoms with Crippen molar-refractivity contribution in [3.8, 4) is 34.4 Å². The summed E-state index contributed by atoms with van der Waals surface area (Å²) in [7, 11) is 0. The Kier molecular flexibility index (Phi) is 4.22. The van der Waals surface area contributed by atoms with Crippen LogP contribution in [-0.4, -0.2) is 0 Å². The zero-order valence-electron chi connectivity index (χ0n) is 17.5. The van der Waals surface area contributed by atoms with E-state index in [0.29, 0.717) is 11.1 Å². The Bertz CT molecular complexity index is 1790. The van der Waals surface area contributed by atoms with Gasteiger partial charge in [0.2, 0.25) is 0 Å². The van der Waals surface area contributed by atoms with Crippen molar-refractivity contribution >= 4 is 32.7 Å². The summed E-state index contributed by atoms with van der Waals surface area (Å²) < 4.78 is 6.00. The van der Waals surface area contributed by atoms with Crippen LogP contribution in [0.15, 0.2) is 101 Å². The summed E-state index contributed by atoms with van der Waals surface area (Å²) in [6.07, 6.45) is 0. The summed E-state index contributed by atoms with van der Waals surface area (Å²) >= 11 is 0. The van der Waals surface area contributed by atoms with Gasteiger partial charge in [-0.2, -0.15) is 10.5 Å². The number of benzene rings is 5. The van der Waals surface area contributed by atoms with E-state index in [1.54, 1.807) is 12.1 Å². The van der Waals surface area contributed by atoms with E-state index in [0.717, 1.165) is 55.0 Å². The van der Waals surface area contributed by atoms with Gasteiger partial charge in [0.25, 0.3) is 0 Å². The van der Waals surface area contributed by atoms with Crippen molar-refractivity contribution < 1.29 is 4.42 Å². The van der Waals surface area contributed by atoms with E-state index in [-0.39, 0.29) is 0 Å². The lowest BCUT2D eigenvalue weighted by Crippen LogP contribution is -1.90. The molecule has 0 bridgehead atoms. The van der Waals surface area contributed by atoms with E-state index in [1.165, 1.54) is 0 Å². The van der Waals surface area contributed by atoms with Crippen molar-refractivity contribution in [2.24, 2.45) is 0 Å². The molecular formula is C30H16N2O. The Hall–Kier alpha value is -4.86. The van der Waals surface area contributed by atoms with Crippen molar-refractivity contribution in [1.82, 2.24) is 0 Å². The average molecular weight is 420 g/mol. The molecule has 6 aromatic rings. The monoisotopic (exact) mass is 420 g/mol. The van der Waals surface area contributed by atoms with Gasteiger partial charge in [0, 0.05) is 16.3 Å². The molecule has 152 valence electrons. The predicted octanol–water partition coefficient (Wildman–Crippen LogP) is 7.82. The lowest BCUT2D eigenvalue weighted by molar-refractivity contribution is 0.669. The van der Waals surface area contributed by atoms with Gasteiger partial charge in [0.1, 0.15) is 11.2 Å². The van der Waals surface area contributed by atoms with Gasteiger partial charge in [-0.25, -0.2) is 0 Å². The summed E-state index contributed by atoms with van der Waals surface area (Å²) in [6.45, 7) is 0. The average Bonchev–Trinajstić information content (AvgIpc) is 3.25. The van der Waals surface area contributed by atoms with Gasteiger partial charge in [-0.15, -0.1) is 0 Å². The van der Waals surface area contributed by atoms with Crippen LogP contribution in [0, 0.1) is 22.7 Å². The van der Waals surface area contributed by atoms with Crippen molar-refractivity contribution in [1.29, 1.82) is 10.5 Å². The molecule has 5 aromatic carbocycles. The third kappa shape index (κ3) is 2.96. The normalized spacial score (nSPS) is 11.0. The minimum atomic E-state index is 0.483. The standard InChI is InChI=1S/C30H16N2O/c31-17-19-9-11-23(21(15-19)18-32)26-13-12-22(24-5-1-2-6-25(24)26)20-10-14-30-28(16-20)27-7-3-4-8-29(27)33-30/h1-16H. The molecule has 0 N–H and O–H groups in total. The van der Waals surface area contributed by atoms with Gasteiger partial charge in [-0.05, 0) is 57.8 Å². The third-order valence-electron chi connectivity index (χ3n) is 6.17. The zero-order valence-corrected chi connectivity index (χ0v) is 17.5. The Morgan fingerprint density at radius 1 is 0.515 bits per heavy atom. The molecule has 0 aliphatic heterocycles. The highest BCUT2D eigenvalue weighted by Crippen LogP contribution is 2.39. The van der Waals surface area contributed by atoms with Crippen molar-refractivity contribution in [3.63, 3.8) is 0 Å². The van der Waals surface area contributed by atoms with E-state index in [4.69, 9.17) is 4.42 Å². The molecule has 1 aromatic heterocycles. The maximum Gasteiger partial charge on any atom is 0.135 e. The zero-order chi connectivity index (χ0) is 22.4. The predicted molar refractivity (Wildman–Crippen MR) is 132 cm³/mol. The van der Waals surface area contributed by atoms with E-state index in [9.17, 15) is 10.5 Å². The van der Waals surface area contributed by atoms with Crippen LogP contribution in [-0.2, 0) is 0 Å². The number of para-hydroxylation sites is 1. The molecule has 3 nitrogen and oxygen atoms in total. The Morgan fingerprint density at radius 2 is 1.18 bits per heavy atom. The molecule has 0 saturated carbocycles. The molecule has 0 aliphatic carbocycles. The quantitative estimate of drug-likeness (QED) is 0.287. The van der Waals surface area contributed by atoms with Gasteiger partial charge in [0.05, 0.1) is 23.3 Å². The molecule has 0 amide bonds. The maximum atomic E-state index is 9.70. The second-order valence-corrected chi connectivity index (χ2v) is 8.00. The fourth-order valence-corrected chi connectivity index (χ4v) is 4.62. The molecule has 6 rings (SSSR count). The van der Waals surface area contributed by atoms with Crippen LogP contribution >= 0.6 is 0 Å². The first kappa shape index (κ1) is 18.9. The minimum Gasteiger partial charge on any atom is -0.456 e. The van der Waals surface area contributed by atoms with Crippen LogP contribution in [0.25, 0.3) is 55.0 Å². The first-order chi connectivity index (χ1) is 16.3. The van der Waals surface area contributed by atoms with Crippen LogP contribution in [0.4, 0.5) is 0 Å². The van der Waals surface area contributed by atoms with Gasteiger partial charge in [0.15, 0.2) is 0 Å². The fourth-order valence-electron chi connectivity index (χ4n) is 4.62. The van der Waals surface area contributed by atoms with Gasteiger partial charge < -0.3 is 4.42 Å². The van der Waals surface area contributed by atoms with E-state index in [1.807, 2.05) is 42.5 Å². The molecule has 33 heavy (non-hydrogen) atoms. The molecule has 0 unspecified atom stereocenters. The van der Waals surface area contributed by atoms with Crippen molar-refractivity contribution in [3.05, 3.63) is 108 Å². The minimum absolute atomic E-state index is 0.483. The fraction of sp³-hybridized carbons (Fsp3) is 0. The smallest absolute Gasteiger partial charge is 0.135 e. The molecule has 0 radical (unpaired) electrons. The maximum absolute atomic E-state index is 9.70. The van der Waals surface area contributed by atoms with Crippen LogP contribution in [0.3, 0.4) is 0 Å². The summed E-state index contributed by atoms with van der Waals surface area (Å²) in [5.41, 5.74) is 6.77. The summed E-state index contributed by atoms with van der Waals surface area (Å²) in [5, 5.41) is 23.3. The molecule has 0 fully saturated rings. The summed E-state index contributed by atoms with van der Waals surface area (Å²) in [5.74, 6) is 0. The van der Waals surface area contributed by atoms with Crippen LogP contribution < -0.4 is 0 Å². The van der Waals surface area contributed by atoms with Gasteiger partial charge >= 0.3 is 0 Å². The van der Waals surface area contributed by atoms with Crippen LogP contribution in [0.5, 0.6) is 0 Å². The largest absolute Gasteiger partial charge is 0.456 e. The number of hydrogen-bond acceptors (Lipinski definition) is 3. The number of nitriles is 2. The number of furan rings is 1. The lowest BCUT2D eigenvalue weighted by Gasteiger charge is -2.13. The summed E-state index contributed by atoms with van der Waals surface area (Å²) in [4.78, 5) is 0. The first-order valence-corrected chi connectivity index (χ1v) is 10.6. The Morgan fingerprint density at radius 3 is 1.97 bits per heavy atom. The highest BCUT2D eigenvalue weighted by molar-refractivity contribution is 6.09. The topological polar surface area (TPSA) is 60.7 Å². The molecule has 0 saturated heterocycles. The highest BCUT2D eigenvalue weighted by atomic mass is 16.3. The van der Waals surface area contributed by atoms with E-state index < -0.39 is 0 Å². The number of rotatable bonds is 2. The second-order valence-electron chi connectivity index (χ2n) is 8.00. The molecule has 0 spiro atoms. The van der Waals surface area contributed by atoms with E-state index >= 15 is 0 Å². The summed E-state index contributed by atoms with van der Waals surface area (Å²) in [6, 6.07) is 36.4. The SMILES string of the molecule is N#Cc1ccc(-c2ccc(-c3ccc4oc5ccccc5c4c3)c3ccccc23)c(C#N)c1. The van der Waals surface area contributed by atoms with E-state index in [2.05, 4.69) is 54.6 Å². The van der Waals surface area contributed by atoms with Gasteiger partial charge in [-0.1, -0.05) is 66.7 Å². The van der Waals surface area contributed by atoms with Gasteiger partial charge in [-0.3, -0.25) is 0 Å². The Labute approximate surface area is 190 Å². The Balaban J connectivity index is 1.59. The molecule has 3 heteroatoms. The third-order valence-corrected chi connectivity index (χ3v) is 6.17.